The fourth-order valence-electron chi connectivity index (χ4n) is 6.84. The van der Waals surface area contributed by atoms with Gasteiger partial charge in [-0.15, -0.1) is 0 Å². The van der Waals surface area contributed by atoms with E-state index < -0.39 is 13.0 Å². The molecule has 1 aliphatic heterocycles. The minimum atomic E-state index is -0.989. The zero-order valence-electron chi connectivity index (χ0n) is 21.9. The van der Waals surface area contributed by atoms with Crippen LogP contribution in [0.25, 0.3) is 11.6 Å². The van der Waals surface area contributed by atoms with Crippen molar-refractivity contribution in [3.05, 3.63) is 112 Å². The number of phenols is 1. The molecule has 0 aromatic heterocycles. The van der Waals surface area contributed by atoms with Gasteiger partial charge in [0.2, 0.25) is 0 Å². The molecular weight excluding hydrogens is 487 g/mol. The summed E-state index contributed by atoms with van der Waals surface area (Å²) in [6, 6.07) is 24.4. The summed E-state index contributed by atoms with van der Waals surface area (Å²) in [5.41, 5.74) is 6.40. The highest BCUT2D eigenvalue weighted by atomic mass is 16.5. The molecule has 39 heavy (non-hydrogen) atoms. The molecule has 1 fully saturated rings. The van der Waals surface area contributed by atoms with Crippen LogP contribution in [0.1, 0.15) is 58.0 Å². The number of phenolic OH excluding ortho intramolecular Hbond substituents is 1. The minimum absolute atomic E-state index is 0.00949. The maximum atomic E-state index is 13.7. The van der Waals surface area contributed by atoms with Gasteiger partial charge >= 0.3 is 7.12 Å². The summed E-state index contributed by atoms with van der Waals surface area (Å²) in [6.07, 6.45) is 3.96. The zero-order valence-corrected chi connectivity index (χ0v) is 21.9. The monoisotopic (exact) mass is 518 g/mol. The first kappa shape index (κ1) is 25.5. The topological polar surface area (TPSA) is 83.8 Å². The summed E-state index contributed by atoms with van der Waals surface area (Å²) in [5.74, 6) is -0.803. The highest BCUT2D eigenvalue weighted by Crippen LogP contribution is 2.50. The predicted octanol–water partition coefficient (Wildman–Crippen LogP) is 6.24. The molecule has 0 spiro atoms. The molecule has 3 aromatic carbocycles. The van der Waals surface area contributed by atoms with Crippen LogP contribution in [0.4, 0.5) is 0 Å². The number of benzene rings is 3. The first-order valence-electron chi connectivity index (χ1n) is 13.7. The van der Waals surface area contributed by atoms with Gasteiger partial charge in [0, 0.05) is 23.0 Å². The molecule has 1 saturated heterocycles. The van der Waals surface area contributed by atoms with Gasteiger partial charge in [-0.1, -0.05) is 78.4 Å². The van der Waals surface area contributed by atoms with E-state index in [1.54, 1.807) is 24.3 Å². The quantitative estimate of drug-likeness (QED) is 0.237. The molecule has 2 N–H and O–H groups in total. The Kier molecular flexibility index (Phi) is 6.84. The molecule has 6 rings (SSSR count). The minimum Gasteiger partial charge on any atom is -0.508 e. The van der Waals surface area contributed by atoms with Gasteiger partial charge in [-0.25, -0.2) is 0 Å². The summed E-state index contributed by atoms with van der Waals surface area (Å²) in [7, 11) is -0.989. The Morgan fingerprint density at radius 2 is 1.59 bits per heavy atom. The number of hydrogen-bond acceptors (Lipinski definition) is 5. The third-order valence-electron chi connectivity index (χ3n) is 8.56. The number of hydrogen-bond donors (Lipinski definition) is 2. The van der Waals surface area contributed by atoms with Crippen molar-refractivity contribution in [2.75, 3.05) is 0 Å². The van der Waals surface area contributed by atoms with Crippen molar-refractivity contribution in [3.8, 4) is 5.75 Å². The summed E-state index contributed by atoms with van der Waals surface area (Å²) in [5, 5.41) is 20.5. The Bertz CT molecular complexity index is 1470. The molecule has 0 radical (unpaired) electrons. The van der Waals surface area contributed by atoms with E-state index >= 15 is 0 Å². The average Bonchev–Trinajstić information content (AvgIpc) is 2.95. The lowest BCUT2D eigenvalue weighted by molar-refractivity contribution is 0.0602. The van der Waals surface area contributed by atoms with Gasteiger partial charge in [0.15, 0.2) is 11.6 Å². The number of ketones is 2. The molecule has 1 heterocycles. The number of aromatic hydroxyl groups is 1. The highest BCUT2D eigenvalue weighted by Gasteiger charge is 2.52. The van der Waals surface area contributed by atoms with Crippen molar-refractivity contribution < 1.29 is 24.4 Å². The SMILES string of the molecule is CC1=C2[C@@H](CC/C(=C/c3ccc(O)cc3)c3ccccc3)OB(O)C[C@@H]2[C@@H]2C(=O)c3ccccc3C(=O)[C@@H]2C1. The molecule has 0 bridgehead atoms. The number of allylic oxidation sites excluding steroid dienone is 2. The Morgan fingerprint density at radius 1 is 0.923 bits per heavy atom. The fraction of sp³-hybridized carbons (Fsp3) is 0.273. The molecule has 6 heteroatoms. The standard InChI is InChI=1S/C33H31BO5/c1-20-17-27-31(33(37)26-10-6-5-9-25(26)32(27)36)28-19-34(38)39-29(30(20)28)16-13-23(22-7-3-2-4-8-22)18-21-11-14-24(35)15-12-21/h2-12,14-15,18,27-29,31,35,38H,13,16-17,19H2,1H3/b23-18-/t27-,28+,29-,31-/m1/s1. The van der Waals surface area contributed by atoms with E-state index in [0.29, 0.717) is 36.7 Å². The van der Waals surface area contributed by atoms with Gasteiger partial charge < -0.3 is 14.8 Å². The van der Waals surface area contributed by atoms with Crippen molar-refractivity contribution in [1.82, 2.24) is 0 Å². The number of rotatable bonds is 5. The molecular formula is C33H31BO5. The molecule has 196 valence electrons. The van der Waals surface area contributed by atoms with Crippen LogP contribution in [0.3, 0.4) is 0 Å². The van der Waals surface area contributed by atoms with Crippen LogP contribution in [0.5, 0.6) is 5.75 Å². The largest absolute Gasteiger partial charge is 0.508 e. The van der Waals surface area contributed by atoms with Crippen LogP contribution in [0.2, 0.25) is 6.32 Å². The van der Waals surface area contributed by atoms with E-state index in [-0.39, 0.29) is 35.3 Å². The van der Waals surface area contributed by atoms with E-state index in [0.717, 1.165) is 27.8 Å². The lowest BCUT2D eigenvalue weighted by Gasteiger charge is -2.47. The molecule has 0 saturated carbocycles. The maximum Gasteiger partial charge on any atom is 0.455 e. The number of carbonyl (C=O) groups excluding carboxylic acids is 2. The first-order chi connectivity index (χ1) is 18.9. The second-order valence-corrected chi connectivity index (χ2v) is 10.9. The number of carbonyl (C=O) groups is 2. The molecule has 3 aromatic rings. The van der Waals surface area contributed by atoms with Crippen LogP contribution in [-0.4, -0.2) is 34.9 Å². The molecule has 0 amide bonds. The molecule has 3 aliphatic rings. The normalized spacial score (nSPS) is 24.8. The van der Waals surface area contributed by atoms with Crippen LogP contribution in [0, 0.1) is 17.8 Å². The second kappa shape index (κ2) is 10.4. The molecule has 0 unspecified atom stereocenters. The average molecular weight is 518 g/mol. The molecule has 5 nitrogen and oxygen atoms in total. The van der Waals surface area contributed by atoms with Crippen molar-refractivity contribution >= 4 is 30.3 Å². The predicted molar refractivity (Wildman–Crippen MR) is 152 cm³/mol. The number of fused-ring (bicyclic) bond motifs is 4. The summed E-state index contributed by atoms with van der Waals surface area (Å²) in [6.45, 7) is 2.05. The Hall–Kier alpha value is -3.74. The Labute approximate surface area is 229 Å². The van der Waals surface area contributed by atoms with Gasteiger partial charge in [-0.3, -0.25) is 9.59 Å². The lowest BCUT2D eigenvalue weighted by atomic mass is 9.54. The zero-order chi connectivity index (χ0) is 27.1. The second-order valence-electron chi connectivity index (χ2n) is 10.9. The Balaban J connectivity index is 1.31. The summed E-state index contributed by atoms with van der Waals surface area (Å²) >= 11 is 0. The van der Waals surface area contributed by atoms with E-state index in [1.165, 1.54) is 0 Å². The maximum absolute atomic E-state index is 13.7. The first-order valence-corrected chi connectivity index (χ1v) is 13.7. The highest BCUT2D eigenvalue weighted by molar-refractivity contribution is 6.43. The third kappa shape index (κ3) is 4.79. The van der Waals surface area contributed by atoms with Crippen molar-refractivity contribution in [1.29, 1.82) is 0 Å². The van der Waals surface area contributed by atoms with Gasteiger partial charge in [0.05, 0.1) is 6.10 Å². The summed E-state index contributed by atoms with van der Waals surface area (Å²) in [4.78, 5) is 27.2. The van der Waals surface area contributed by atoms with E-state index in [2.05, 4.69) is 25.1 Å². The van der Waals surface area contributed by atoms with E-state index in [9.17, 15) is 19.7 Å². The molecule has 2 aliphatic carbocycles. The van der Waals surface area contributed by atoms with Gasteiger partial charge in [-0.05, 0) is 72.8 Å². The van der Waals surface area contributed by atoms with Crippen LogP contribution in [-0.2, 0) is 4.65 Å². The van der Waals surface area contributed by atoms with Crippen LogP contribution < -0.4 is 0 Å². The molecule has 4 atom stereocenters. The van der Waals surface area contributed by atoms with Gasteiger partial charge in [0.25, 0.3) is 0 Å². The van der Waals surface area contributed by atoms with Crippen molar-refractivity contribution in [2.24, 2.45) is 17.8 Å². The van der Waals surface area contributed by atoms with Gasteiger partial charge in [-0.2, -0.15) is 0 Å². The lowest BCUT2D eigenvalue weighted by Crippen LogP contribution is -2.50. The van der Waals surface area contributed by atoms with Crippen molar-refractivity contribution in [2.45, 2.75) is 38.6 Å². The Morgan fingerprint density at radius 3 is 2.31 bits per heavy atom. The smallest absolute Gasteiger partial charge is 0.455 e. The third-order valence-corrected chi connectivity index (χ3v) is 8.56. The van der Waals surface area contributed by atoms with E-state index in [1.807, 2.05) is 42.5 Å². The van der Waals surface area contributed by atoms with Gasteiger partial charge in [0.1, 0.15) is 5.75 Å². The van der Waals surface area contributed by atoms with E-state index in [4.69, 9.17) is 4.65 Å². The van der Waals surface area contributed by atoms with Crippen LogP contribution >= 0.6 is 0 Å². The summed E-state index contributed by atoms with van der Waals surface area (Å²) < 4.78 is 6.13. The van der Waals surface area contributed by atoms with Crippen molar-refractivity contribution in [3.63, 3.8) is 0 Å². The fourth-order valence-corrected chi connectivity index (χ4v) is 6.84. The number of Topliss-reactive ketones (excluding diaryl/α,β-unsaturated/α-hetero) is 2. The van der Waals surface area contributed by atoms with Crippen LogP contribution in [0.15, 0.2) is 90.0 Å².